The highest BCUT2D eigenvalue weighted by molar-refractivity contribution is 5.36. The second-order valence-corrected chi connectivity index (χ2v) is 4.23. The van der Waals surface area contributed by atoms with E-state index in [1.54, 1.807) is 12.1 Å². The summed E-state index contributed by atoms with van der Waals surface area (Å²) in [5.74, 6) is 0. The molecule has 0 aromatic heterocycles. The van der Waals surface area contributed by atoms with Gasteiger partial charge in [-0.25, -0.2) is 8.78 Å². The zero-order valence-electron chi connectivity index (χ0n) is 9.98. The Labute approximate surface area is 105 Å². The van der Waals surface area contributed by atoms with Crippen LogP contribution < -0.4 is 0 Å². The first-order valence-electron chi connectivity index (χ1n) is 5.71. The van der Waals surface area contributed by atoms with Crippen LogP contribution in [0.15, 0.2) is 48.5 Å². The highest BCUT2D eigenvalue weighted by atomic mass is 19.3. The minimum atomic E-state index is -2.48. The molecule has 0 saturated heterocycles. The molecule has 1 nitrogen and oxygen atoms in total. The summed E-state index contributed by atoms with van der Waals surface area (Å²) in [6.45, 7) is 1.91. The number of hydrogen-bond donors (Lipinski definition) is 1. The van der Waals surface area contributed by atoms with Crippen molar-refractivity contribution >= 4 is 0 Å². The SMILES string of the molecule is Cc1ccccc1C(O)c1ccc(C(F)F)cc1. The Kier molecular flexibility index (Phi) is 3.72. The molecule has 0 amide bonds. The molecule has 2 aromatic carbocycles. The van der Waals surface area contributed by atoms with Crippen LogP contribution in [0.4, 0.5) is 8.78 Å². The molecule has 1 unspecified atom stereocenters. The van der Waals surface area contributed by atoms with E-state index in [-0.39, 0.29) is 5.56 Å². The summed E-state index contributed by atoms with van der Waals surface area (Å²) < 4.78 is 24.8. The van der Waals surface area contributed by atoms with Gasteiger partial charge in [-0.2, -0.15) is 0 Å². The molecule has 2 aromatic rings. The van der Waals surface area contributed by atoms with Crippen molar-refractivity contribution in [1.29, 1.82) is 0 Å². The second kappa shape index (κ2) is 5.27. The van der Waals surface area contributed by atoms with E-state index in [0.29, 0.717) is 5.56 Å². The van der Waals surface area contributed by atoms with Gasteiger partial charge in [0.15, 0.2) is 0 Å². The van der Waals surface area contributed by atoms with Crippen LogP contribution in [-0.4, -0.2) is 5.11 Å². The fourth-order valence-corrected chi connectivity index (χ4v) is 1.90. The molecule has 0 radical (unpaired) electrons. The molecule has 0 spiro atoms. The first-order valence-corrected chi connectivity index (χ1v) is 5.71. The van der Waals surface area contributed by atoms with Crippen molar-refractivity contribution in [2.45, 2.75) is 19.5 Å². The zero-order chi connectivity index (χ0) is 13.1. The molecule has 2 rings (SSSR count). The third kappa shape index (κ3) is 2.57. The Morgan fingerprint density at radius 1 is 0.889 bits per heavy atom. The topological polar surface area (TPSA) is 20.2 Å². The zero-order valence-corrected chi connectivity index (χ0v) is 9.98. The highest BCUT2D eigenvalue weighted by Crippen LogP contribution is 2.26. The number of hydrogen-bond acceptors (Lipinski definition) is 1. The Bertz CT molecular complexity index is 520. The maximum Gasteiger partial charge on any atom is 0.263 e. The third-order valence-electron chi connectivity index (χ3n) is 2.99. The summed E-state index contributed by atoms with van der Waals surface area (Å²) in [4.78, 5) is 0. The average Bonchev–Trinajstić information content (AvgIpc) is 2.38. The Hall–Kier alpha value is -1.74. The number of rotatable bonds is 3. The lowest BCUT2D eigenvalue weighted by Crippen LogP contribution is -2.02. The van der Waals surface area contributed by atoms with E-state index >= 15 is 0 Å². The Morgan fingerprint density at radius 3 is 2.00 bits per heavy atom. The molecule has 0 saturated carbocycles. The normalized spacial score (nSPS) is 12.7. The van der Waals surface area contributed by atoms with Crippen molar-refractivity contribution in [2.24, 2.45) is 0 Å². The monoisotopic (exact) mass is 248 g/mol. The summed E-state index contributed by atoms with van der Waals surface area (Å²) >= 11 is 0. The molecule has 18 heavy (non-hydrogen) atoms. The number of aliphatic hydroxyl groups excluding tert-OH is 1. The van der Waals surface area contributed by atoms with Gasteiger partial charge in [0.05, 0.1) is 0 Å². The molecular formula is C15H14F2O. The molecule has 0 fully saturated rings. The van der Waals surface area contributed by atoms with Crippen LogP contribution in [0.1, 0.15) is 34.8 Å². The van der Waals surface area contributed by atoms with E-state index < -0.39 is 12.5 Å². The molecule has 0 aliphatic carbocycles. The van der Waals surface area contributed by atoms with Gasteiger partial charge >= 0.3 is 0 Å². The first-order chi connectivity index (χ1) is 8.59. The van der Waals surface area contributed by atoms with E-state index in [1.807, 2.05) is 31.2 Å². The van der Waals surface area contributed by atoms with E-state index in [0.717, 1.165) is 11.1 Å². The maximum atomic E-state index is 12.4. The van der Waals surface area contributed by atoms with Gasteiger partial charge in [-0.05, 0) is 23.6 Å². The van der Waals surface area contributed by atoms with Crippen LogP contribution in [-0.2, 0) is 0 Å². The van der Waals surface area contributed by atoms with E-state index in [1.165, 1.54) is 12.1 Å². The number of halogens is 2. The number of aliphatic hydroxyl groups is 1. The minimum absolute atomic E-state index is 0.0317. The van der Waals surface area contributed by atoms with Gasteiger partial charge in [0.25, 0.3) is 6.43 Å². The minimum Gasteiger partial charge on any atom is -0.384 e. The summed E-state index contributed by atoms with van der Waals surface area (Å²) in [6.07, 6.45) is -3.26. The van der Waals surface area contributed by atoms with E-state index in [4.69, 9.17) is 0 Å². The van der Waals surface area contributed by atoms with Crippen LogP contribution in [0, 0.1) is 6.92 Å². The lowest BCUT2D eigenvalue weighted by molar-refractivity contribution is 0.151. The van der Waals surface area contributed by atoms with Crippen molar-refractivity contribution in [2.75, 3.05) is 0 Å². The number of benzene rings is 2. The van der Waals surface area contributed by atoms with E-state index in [2.05, 4.69) is 0 Å². The van der Waals surface area contributed by atoms with Gasteiger partial charge < -0.3 is 5.11 Å². The standard InChI is InChI=1S/C15H14F2O/c1-10-4-2-3-5-13(10)14(18)11-6-8-12(9-7-11)15(16)17/h2-9,14-15,18H,1H3. The van der Waals surface area contributed by atoms with E-state index in [9.17, 15) is 13.9 Å². The second-order valence-electron chi connectivity index (χ2n) is 4.23. The van der Waals surface area contributed by atoms with Gasteiger partial charge in [-0.15, -0.1) is 0 Å². The lowest BCUT2D eigenvalue weighted by atomic mass is 9.97. The molecule has 3 heteroatoms. The molecule has 1 N–H and O–H groups in total. The molecule has 1 atom stereocenters. The number of aryl methyl sites for hydroxylation is 1. The third-order valence-corrected chi connectivity index (χ3v) is 2.99. The quantitative estimate of drug-likeness (QED) is 0.870. The smallest absolute Gasteiger partial charge is 0.263 e. The summed E-state index contributed by atoms with van der Waals surface area (Å²) in [5.41, 5.74) is 2.36. The van der Waals surface area contributed by atoms with Crippen molar-refractivity contribution in [3.63, 3.8) is 0 Å². The molecule has 0 aliphatic rings. The van der Waals surface area contributed by atoms with Crippen LogP contribution in [0.25, 0.3) is 0 Å². The van der Waals surface area contributed by atoms with Gasteiger partial charge in [0.2, 0.25) is 0 Å². The molecule has 0 bridgehead atoms. The lowest BCUT2D eigenvalue weighted by Gasteiger charge is -2.14. The summed E-state index contributed by atoms with van der Waals surface area (Å²) in [7, 11) is 0. The van der Waals surface area contributed by atoms with Gasteiger partial charge in [0.1, 0.15) is 6.10 Å². The Balaban J connectivity index is 2.29. The summed E-state index contributed by atoms with van der Waals surface area (Å²) in [5, 5.41) is 10.2. The molecule has 94 valence electrons. The van der Waals surface area contributed by atoms with Crippen molar-refractivity contribution in [3.8, 4) is 0 Å². The fraction of sp³-hybridized carbons (Fsp3) is 0.200. The molecular weight excluding hydrogens is 234 g/mol. The van der Waals surface area contributed by atoms with Gasteiger partial charge in [0, 0.05) is 5.56 Å². The predicted molar refractivity (Wildman–Crippen MR) is 66.6 cm³/mol. The van der Waals surface area contributed by atoms with Crippen LogP contribution in [0.2, 0.25) is 0 Å². The fourth-order valence-electron chi connectivity index (χ4n) is 1.90. The van der Waals surface area contributed by atoms with Crippen molar-refractivity contribution < 1.29 is 13.9 Å². The van der Waals surface area contributed by atoms with Crippen molar-refractivity contribution in [3.05, 3.63) is 70.8 Å². The highest BCUT2D eigenvalue weighted by Gasteiger charge is 2.13. The molecule has 0 heterocycles. The van der Waals surface area contributed by atoms with Gasteiger partial charge in [-0.1, -0.05) is 48.5 Å². The summed E-state index contributed by atoms with van der Waals surface area (Å²) in [6, 6.07) is 13.3. The average molecular weight is 248 g/mol. The van der Waals surface area contributed by atoms with Crippen LogP contribution in [0.3, 0.4) is 0 Å². The van der Waals surface area contributed by atoms with Gasteiger partial charge in [-0.3, -0.25) is 0 Å². The largest absolute Gasteiger partial charge is 0.384 e. The van der Waals surface area contributed by atoms with Crippen molar-refractivity contribution in [1.82, 2.24) is 0 Å². The number of alkyl halides is 2. The maximum absolute atomic E-state index is 12.4. The van der Waals surface area contributed by atoms with Crippen LogP contribution in [0.5, 0.6) is 0 Å². The first kappa shape index (κ1) is 12.7. The Morgan fingerprint density at radius 2 is 1.44 bits per heavy atom. The molecule has 0 aliphatic heterocycles. The van der Waals surface area contributed by atoms with Crippen LogP contribution >= 0.6 is 0 Å². The predicted octanol–water partition coefficient (Wildman–Crippen LogP) is 4.01.